The summed E-state index contributed by atoms with van der Waals surface area (Å²) in [6.07, 6.45) is 1.08. The summed E-state index contributed by atoms with van der Waals surface area (Å²) in [6, 6.07) is 10.5. The number of ether oxygens (including phenoxy) is 1. The zero-order valence-electron chi connectivity index (χ0n) is 11.8. The average Bonchev–Trinajstić information content (AvgIpc) is 2.85. The molecule has 1 heterocycles. The molecule has 0 saturated heterocycles. The molecule has 2 rings (SSSR count). The average molecular weight is 275 g/mol. The molecule has 1 aromatic carbocycles. The van der Waals surface area contributed by atoms with Crippen molar-refractivity contribution in [2.75, 3.05) is 0 Å². The maximum atomic E-state index is 6.00. The van der Waals surface area contributed by atoms with Gasteiger partial charge in [0.25, 0.3) is 0 Å². The number of benzene rings is 1. The van der Waals surface area contributed by atoms with Gasteiger partial charge in [0, 0.05) is 21.4 Å². The first-order valence-corrected chi connectivity index (χ1v) is 7.48. The van der Waals surface area contributed by atoms with Crippen molar-refractivity contribution in [3.63, 3.8) is 0 Å². The van der Waals surface area contributed by atoms with Crippen molar-refractivity contribution >= 4 is 11.3 Å². The van der Waals surface area contributed by atoms with E-state index in [0.717, 1.165) is 17.7 Å². The minimum atomic E-state index is -0.00978. The molecule has 1 aromatic heterocycles. The van der Waals surface area contributed by atoms with Gasteiger partial charge in [0.2, 0.25) is 0 Å². The Morgan fingerprint density at radius 2 is 1.95 bits per heavy atom. The summed E-state index contributed by atoms with van der Waals surface area (Å²) in [4.78, 5) is 2.66. The van der Waals surface area contributed by atoms with Gasteiger partial charge in [-0.15, -0.1) is 11.3 Å². The van der Waals surface area contributed by atoms with Crippen LogP contribution in [0.5, 0.6) is 5.75 Å². The Hall–Kier alpha value is -1.32. The first-order chi connectivity index (χ1) is 9.10. The second-order valence-corrected chi connectivity index (χ2v) is 6.09. The van der Waals surface area contributed by atoms with Gasteiger partial charge in [-0.25, -0.2) is 0 Å². The van der Waals surface area contributed by atoms with Crippen molar-refractivity contribution < 1.29 is 4.74 Å². The van der Waals surface area contributed by atoms with E-state index in [1.54, 1.807) is 0 Å². The fourth-order valence-corrected chi connectivity index (χ4v) is 2.87. The molecule has 0 radical (unpaired) electrons. The van der Waals surface area contributed by atoms with Crippen LogP contribution in [0.15, 0.2) is 30.3 Å². The fraction of sp³-hybridized carbons (Fsp3) is 0.375. The van der Waals surface area contributed by atoms with Crippen LogP contribution >= 0.6 is 11.3 Å². The van der Waals surface area contributed by atoms with Crippen molar-refractivity contribution in [1.29, 1.82) is 0 Å². The molecule has 0 spiro atoms. The summed E-state index contributed by atoms with van der Waals surface area (Å²) in [5.41, 5.74) is 8.29. The summed E-state index contributed by atoms with van der Waals surface area (Å²) < 4.78 is 5.93. The summed E-state index contributed by atoms with van der Waals surface area (Å²) in [5, 5.41) is 0. The maximum Gasteiger partial charge on any atom is 0.124 e. The van der Waals surface area contributed by atoms with E-state index in [9.17, 15) is 0 Å². The molecular formula is C16H21NOS. The predicted octanol–water partition coefficient (Wildman–Crippen LogP) is 4.22. The minimum Gasteiger partial charge on any atom is -0.488 e. The van der Waals surface area contributed by atoms with Gasteiger partial charge in [-0.05, 0) is 38.5 Å². The Kier molecular flexibility index (Phi) is 4.61. The fourth-order valence-electron chi connectivity index (χ4n) is 1.99. The molecule has 3 heteroatoms. The molecule has 2 nitrogen and oxygen atoms in total. The van der Waals surface area contributed by atoms with Crippen molar-refractivity contribution in [1.82, 2.24) is 0 Å². The van der Waals surface area contributed by atoms with E-state index in [0.29, 0.717) is 6.61 Å². The topological polar surface area (TPSA) is 35.2 Å². The van der Waals surface area contributed by atoms with Crippen LogP contribution in [-0.4, -0.2) is 0 Å². The van der Waals surface area contributed by atoms with Gasteiger partial charge in [0.1, 0.15) is 12.4 Å². The number of hydrogen-bond acceptors (Lipinski definition) is 3. The van der Waals surface area contributed by atoms with Crippen LogP contribution in [0.4, 0.5) is 0 Å². The van der Waals surface area contributed by atoms with E-state index >= 15 is 0 Å². The van der Waals surface area contributed by atoms with Gasteiger partial charge in [0.15, 0.2) is 0 Å². The van der Waals surface area contributed by atoms with Crippen LogP contribution in [0.1, 0.15) is 40.8 Å². The monoisotopic (exact) mass is 275 g/mol. The van der Waals surface area contributed by atoms with E-state index in [-0.39, 0.29) is 6.04 Å². The van der Waals surface area contributed by atoms with Crippen LogP contribution in [0.2, 0.25) is 0 Å². The highest BCUT2D eigenvalue weighted by molar-refractivity contribution is 7.11. The molecule has 1 atom stereocenters. The highest BCUT2D eigenvalue weighted by Gasteiger charge is 2.09. The molecule has 2 N–H and O–H groups in total. The van der Waals surface area contributed by atoms with Crippen molar-refractivity contribution in [3.05, 3.63) is 51.2 Å². The molecule has 0 aliphatic rings. The highest BCUT2D eigenvalue weighted by atomic mass is 32.1. The number of nitrogens with two attached hydrogens (primary N) is 1. The van der Waals surface area contributed by atoms with Crippen molar-refractivity contribution in [2.24, 2.45) is 5.73 Å². The third kappa shape index (κ3) is 3.58. The highest BCUT2D eigenvalue weighted by Crippen LogP contribution is 2.27. The van der Waals surface area contributed by atoms with Gasteiger partial charge in [0.05, 0.1) is 0 Å². The molecule has 2 aromatic rings. The van der Waals surface area contributed by atoms with Gasteiger partial charge in [-0.1, -0.05) is 24.6 Å². The zero-order valence-corrected chi connectivity index (χ0v) is 12.6. The summed E-state index contributed by atoms with van der Waals surface area (Å²) >= 11 is 1.81. The molecule has 0 unspecified atom stereocenters. The van der Waals surface area contributed by atoms with Crippen molar-refractivity contribution in [3.8, 4) is 5.75 Å². The lowest BCUT2D eigenvalue weighted by Gasteiger charge is -2.14. The van der Waals surface area contributed by atoms with Gasteiger partial charge < -0.3 is 10.5 Å². The summed E-state index contributed by atoms with van der Waals surface area (Å²) in [6.45, 7) is 6.85. The van der Waals surface area contributed by atoms with Crippen LogP contribution in [0.25, 0.3) is 0 Å². The quantitative estimate of drug-likeness (QED) is 0.886. The predicted molar refractivity (Wildman–Crippen MR) is 81.8 cm³/mol. The Bertz CT molecular complexity index is 545. The lowest BCUT2D eigenvalue weighted by Crippen LogP contribution is -2.08. The molecule has 0 aliphatic heterocycles. The number of hydrogen-bond donors (Lipinski definition) is 1. The van der Waals surface area contributed by atoms with E-state index in [1.807, 2.05) is 24.3 Å². The first kappa shape index (κ1) is 14.1. The summed E-state index contributed by atoms with van der Waals surface area (Å²) in [7, 11) is 0. The molecular weight excluding hydrogens is 254 g/mol. The standard InChI is InChI=1S/C16H21NOS/c1-4-13-6-7-14(19-13)10-18-16-8-5-11(2)9-15(16)12(3)17/h5-9,12H,4,10,17H2,1-3H3/t12-/m0/s1. The van der Waals surface area contributed by atoms with E-state index < -0.39 is 0 Å². The third-order valence-corrected chi connectivity index (χ3v) is 4.29. The molecule has 0 saturated carbocycles. The van der Waals surface area contributed by atoms with Crippen LogP contribution in [0, 0.1) is 6.92 Å². The van der Waals surface area contributed by atoms with E-state index in [1.165, 1.54) is 15.3 Å². The third-order valence-electron chi connectivity index (χ3n) is 3.09. The van der Waals surface area contributed by atoms with Crippen molar-refractivity contribution in [2.45, 2.75) is 39.8 Å². The number of aryl methyl sites for hydroxylation is 2. The van der Waals surface area contributed by atoms with E-state index in [2.05, 4.69) is 38.1 Å². The number of thiophene rings is 1. The summed E-state index contributed by atoms with van der Waals surface area (Å²) in [5.74, 6) is 0.895. The van der Waals surface area contributed by atoms with Gasteiger partial charge in [-0.3, -0.25) is 0 Å². The van der Waals surface area contributed by atoms with Gasteiger partial charge in [-0.2, -0.15) is 0 Å². The SMILES string of the molecule is CCc1ccc(COc2ccc(C)cc2[C@H](C)N)s1. The first-order valence-electron chi connectivity index (χ1n) is 6.66. The molecule has 19 heavy (non-hydrogen) atoms. The zero-order chi connectivity index (χ0) is 13.8. The normalized spacial score (nSPS) is 12.4. The Labute approximate surface area is 119 Å². The lowest BCUT2D eigenvalue weighted by molar-refractivity contribution is 0.305. The second kappa shape index (κ2) is 6.22. The lowest BCUT2D eigenvalue weighted by atomic mass is 10.1. The minimum absolute atomic E-state index is 0.00978. The molecule has 0 bridgehead atoms. The largest absolute Gasteiger partial charge is 0.488 e. The van der Waals surface area contributed by atoms with E-state index in [4.69, 9.17) is 10.5 Å². The molecule has 0 aliphatic carbocycles. The van der Waals surface area contributed by atoms with Crippen LogP contribution in [0.3, 0.4) is 0 Å². The second-order valence-electron chi connectivity index (χ2n) is 4.84. The molecule has 102 valence electrons. The Morgan fingerprint density at radius 1 is 1.21 bits per heavy atom. The van der Waals surface area contributed by atoms with Crippen LogP contribution < -0.4 is 10.5 Å². The van der Waals surface area contributed by atoms with Crippen LogP contribution in [-0.2, 0) is 13.0 Å². The maximum absolute atomic E-state index is 6.00. The molecule has 0 fully saturated rings. The molecule has 0 amide bonds. The smallest absolute Gasteiger partial charge is 0.124 e. The Morgan fingerprint density at radius 3 is 2.58 bits per heavy atom. The Balaban J connectivity index is 2.10. The van der Waals surface area contributed by atoms with Gasteiger partial charge >= 0.3 is 0 Å². The number of rotatable bonds is 5.